The Balaban J connectivity index is 1.21. The van der Waals surface area contributed by atoms with E-state index in [0.29, 0.717) is 11.5 Å². The average molecular weight is 291 g/mol. The van der Waals surface area contributed by atoms with Crippen molar-refractivity contribution in [3.8, 4) is 0 Å². The Kier molecular flexibility index (Phi) is 3.21. The van der Waals surface area contributed by atoms with E-state index in [1.165, 1.54) is 32.4 Å². The second-order valence-corrected chi connectivity index (χ2v) is 8.28. The summed E-state index contributed by atoms with van der Waals surface area (Å²) in [5, 5.41) is 3.29. The summed E-state index contributed by atoms with van der Waals surface area (Å²) >= 11 is 0. The zero-order chi connectivity index (χ0) is 14.6. The number of carbonyl (C=O) groups is 1. The third-order valence-electron chi connectivity index (χ3n) is 6.86. The Bertz CT molecular complexity index is 410. The molecule has 2 saturated carbocycles. The molecule has 1 N–H and O–H groups in total. The quantitative estimate of drug-likeness (QED) is 0.847. The number of rotatable bonds is 2. The van der Waals surface area contributed by atoms with Crippen molar-refractivity contribution in [2.45, 2.75) is 58.0 Å². The van der Waals surface area contributed by atoms with E-state index in [9.17, 15) is 4.79 Å². The highest BCUT2D eigenvalue weighted by molar-refractivity contribution is 5.75. The van der Waals surface area contributed by atoms with Crippen LogP contribution in [0.25, 0.3) is 0 Å². The number of fused-ring (bicyclic) bond motifs is 1. The number of hydrogen-bond acceptors (Lipinski definition) is 2. The number of hydrogen-bond donors (Lipinski definition) is 1. The summed E-state index contributed by atoms with van der Waals surface area (Å²) in [6.07, 6.45) is 6.46. The van der Waals surface area contributed by atoms with E-state index in [-0.39, 0.29) is 6.03 Å². The highest BCUT2D eigenvalue weighted by Crippen LogP contribution is 2.61. The molecule has 2 amide bonds. The molecule has 0 aromatic rings. The van der Waals surface area contributed by atoms with E-state index < -0.39 is 0 Å². The molecule has 2 saturated heterocycles. The van der Waals surface area contributed by atoms with E-state index >= 15 is 0 Å². The lowest BCUT2D eigenvalue weighted by Crippen LogP contribution is -2.52. The fraction of sp³-hybridized carbons (Fsp3) is 0.941. The molecule has 0 radical (unpaired) electrons. The van der Waals surface area contributed by atoms with E-state index in [1.54, 1.807) is 0 Å². The molecule has 0 aromatic carbocycles. The van der Waals surface area contributed by atoms with Crippen LogP contribution < -0.4 is 5.32 Å². The molecule has 118 valence electrons. The molecular weight excluding hydrogens is 262 g/mol. The zero-order valence-electron chi connectivity index (χ0n) is 13.5. The minimum atomic E-state index is 0.195. The van der Waals surface area contributed by atoms with Gasteiger partial charge in [-0.3, -0.25) is 0 Å². The summed E-state index contributed by atoms with van der Waals surface area (Å²) in [6.45, 7) is 8.98. The average Bonchev–Trinajstić information content (AvgIpc) is 2.79. The third kappa shape index (κ3) is 2.36. The minimum absolute atomic E-state index is 0.195. The van der Waals surface area contributed by atoms with Crippen molar-refractivity contribution < 1.29 is 4.79 Å². The minimum Gasteiger partial charge on any atom is -0.335 e. The zero-order valence-corrected chi connectivity index (χ0v) is 13.5. The highest BCUT2D eigenvalue weighted by atomic mass is 16.2. The fourth-order valence-electron chi connectivity index (χ4n) is 4.72. The SMILES string of the molecule is CC1(C)C2CN(C(=O)NC3CCN(C4CCC4)CC3)CC21. The van der Waals surface area contributed by atoms with Crippen LogP contribution in [0.2, 0.25) is 0 Å². The van der Waals surface area contributed by atoms with Crippen LogP contribution in [0.3, 0.4) is 0 Å². The van der Waals surface area contributed by atoms with Gasteiger partial charge in [0, 0.05) is 38.3 Å². The molecule has 21 heavy (non-hydrogen) atoms. The maximum atomic E-state index is 12.4. The van der Waals surface area contributed by atoms with Gasteiger partial charge in [-0.1, -0.05) is 20.3 Å². The highest BCUT2D eigenvalue weighted by Gasteiger charge is 2.62. The van der Waals surface area contributed by atoms with Crippen LogP contribution in [0.15, 0.2) is 0 Å². The van der Waals surface area contributed by atoms with Gasteiger partial charge in [0.1, 0.15) is 0 Å². The first-order valence-corrected chi connectivity index (χ1v) is 8.85. The molecular formula is C17H29N3O. The van der Waals surface area contributed by atoms with Crippen LogP contribution in [0.5, 0.6) is 0 Å². The molecule has 0 aromatic heterocycles. The lowest BCUT2D eigenvalue weighted by atomic mass is 9.89. The van der Waals surface area contributed by atoms with Crippen LogP contribution in [0.4, 0.5) is 4.79 Å². The molecule has 4 aliphatic rings. The van der Waals surface area contributed by atoms with Gasteiger partial charge in [0.25, 0.3) is 0 Å². The normalized spacial score (nSPS) is 36.2. The predicted molar refractivity (Wildman–Crippen MR) is 83.1 cm³/mol. The largest absolute Gasteiger partial charge is 0.335 e. The first-order valence-electron chi connectivity index (χ1n) is 8.85. The van der Waals surface area contributed by atoms with Gasteiger partial charge in [0.05, 0.1) is 0 Å². The topological polar surface area (TPSA) is 35.6 Å². The number of amides is 2. The van der Waals surface area contributed by atoms with Crippen molar-refractivity contribution in [3.05, 3.63) is 0 Å². The molecule has 2 atom stereocenters. The second-order valence-electron chi connectivity index (χ2n) is 8.28. The van der Waals surface area contributed by atoms with Crippen LogP contribution in [0, 0.1) is 17.3 Å². The standard InChI is InChI=1S/C17H29N3O/c1-17(2)14-10-20(11-15(14)17)16(21)18-12-6-8-19(9-7-12)13-4-3-5-13/h12-15H,3-11H2,1-2H3,(H,18,21). The van der Waals surface area contributed by atoms with Gasteiger partial charge in [-0.15, -0.1) is 0 Å². The summed E-state index contributed by atoms with van der Waals surface area (Å²) in [7, 11) is 0. The maximum absolute atomic E-state index is 12.4. The predicted octanol–water partition coefficient (Wildman–Crippen LogP) is 2.30. The smallest absolute Gasteiger partial charge is 0.317 e. The molecule has 0 bridgehead atoms. The number of urea groups is 1. The van der Waals surface area contributed by atoms with E-state index in [4.69, 9.17) is 0 Å². The van der Waals surface area contributed by atoms with Crippen molar-refractivity contribution in [2.75, 3.05) is 26.2 Å². The fourth-order valence-corrected chi connectivity index (χ4v) is 4.72. The van der Waals surface area contributed by atoms with Gasteiger partial charge >= 0.3 is 6.03 Å². The summed E-state index contributed by atoms with van der Waals surface area (Å²) in [5.41, 5.74) is 0.491. The Morgan fingerprint density at radius 3 is 2.19 bits per heavy atom. The third-order valence-corrected chi connectivity index (χ3v) is 6.86. The molecule has 2 unspecified atom stereocenters. The van der Waals surface area contributed by atoms with Crippen molar-refractivity contribution in [1.29, 1.82) is 0 Å². The lowest BCUT2D eigenvalue weighted by molar-refractivity contribution is 0.0921. The van der Waals surface area contributed by atoms with Crippen molar-refractivity contribution in [3.63, 3.8) is 0 Å². The molecule has 2 aliphatic heterocycles. The molecule has 4 rings (SSSR count). The van der Waals surface area contributed by atoms with E-state index in [2.05, 4.69) is 29.0 Å². The molecule has 0 spiro atoms. The van der Waals surface area contributed by atoms with Gasteiger partial charge < -0.3 is 15.1 Å². The van der Waals surface area contributed by atoms with Crippen LogP contribution in [0.1, 0.15) is 46.0 Å². The summed E-state index contributed by atoms with van der Waals surface area (Å²) in [6, 6.07) is 1.45. The van der Waals surface area contributed by atoms with Crippen molar-refractivity contribution in [1.82, 2.24) is 15.1 Å². The first kappa shape index (κ1) is 13.9. The Labute approximate surface area is 128 Å². The summed E-state index contributed by atoms with van der Waals surface area (Å²) in [4.78, 5) is 17.1. The van der Waals surface area contributed by atoms with Crippen LogP contribution in [-0.4, -0.2) is 54.1 Å². The number of carbonyl (C=O) groups excluding carboxylic acids is 1. The van der Waals surface area contributed by atoms with Gasteiger partial charge in [0.15, 0.2) is 0 Å². The second kappa shape index (κ2) is 4.87. The summed E-state index contributed by atoms with van der Waals surface area (Å²) < 4.78 is 0. The van der Waals surface area contributed by atoms with Crippen molar-refractivity contribution in [2.24, 2.45) is 17.3 Å². The van der Waals surface area contributed by atoms with E-state index in [0.717, 1.165) is 43.8 Å². The Hall–Kier alpha value is -0.770. The Morgan fingerprint density at radius 1 is 1.05 bits per heavy atom. The lowest BCUT2D eigenvalue weighted by Gasteiger charge is -2.42. The number of likely N-dealkylation sites (tertiary alicyclic amines) is 2. The van der Waals surface area contributed by atoms with Crippen molar-refractivity contribution >= 4 is 6.03 Å². The first-order chi connectivity index (χ1) is 10.1. The molecule has 2 aliphatic carbocycles. The number of piperidine rings is 2. The Morgan fingerprint density at radius 2 is 1.67 bits per heavy atom. The van der Waals surface area contributed by atoms with Crippen LogP contribution >= 0.6 is 0 Å². The van der Waals surface area contributed by atoms with Gasteiger partial charge in [-0.2, -0.15) is 0 Å². The molecule has 4 nitrogen and oxygen atoms in total. The van der Waals surface area contributed by atoms with Gasteiger partial charge in [-0.05, 0) is 42.9 Å². The van der Waals surface area contributed by atoms with Gasteiger partial charge in [-0.25, -0.2) is 4.79 Å². The van der Waals surface area contributed by atoms with Crippen LogP contribution in [-0.2, 0) is 0 Å². The molecule has 4 heteroatoms. The van der Waals surface area contributed by atoms with Gasteiger partial charge in [0.2, 0.25) is 0 Å². The summed E-state index contributed by atoms with van der Waals surface area (Å²) in [5.74, 6) is 1.51. The molecule has 2 heterocycles. The number of nitrogens with zero attached hydrogens (tertiary/aromatic N) is 2. The van der Waals surface area contributed by atoms with E-state index in [1.807, 2.05) is 0 Å². The maximum Gasteiger partial charge on any atom is 0.317 e. The number of nitrogens with one attached hydrogen (secondary N) is 1. The monoisotopic (exact) mass is 291 g/mol. The molecule has 4 fully saturated rings.